The van der Waals surface area contributed by atoms with E-state index >= 15 is 17.6 Å². The van der Waals surface area contributed by atoms with Crippen LogP contribution in [0.15, 0.2) is 146 Å². The maximum absolute atomic E-state index is 15.6. The number of imidazole rings is 2. The van der Waals surface area contributed by atoms with E-state index in [4.69, 9.17) is 42.1 Å². The molecule has 0 unspecified atom stereocenters. The highest BCUT2D eigenvalue weighted by Gasteiger charge is 2.26. The summed E-state index contributed by atoms with van der Waals surface area (Å²) in [5, 5.41) is 35.1. The minimum absolute atomic E-state index is 0.0232. The van der Waals surface area contributed by atoms with Crippen molar-refractivity contribution in [3.63, 3.8) is 0 Å². The number of ether oxygens (including phenoxy) is 4. The SMILES string of the molecule is O=C(O)c1ccc2nc(Cc3cc(F)c(-c4cccc(OCc5cnc(-n6ccnn6)cc5Cl)n4)cc3F)n(CCOC3CC3)c2c1.O=C(O)c1ccc2nc(Cc3cc(F)c(-c4cccc(OCc5cnc(-n6ccnn6)cc5Cl)n4)cc3F)n(CCOC3CC3)c2c1. The summed E-state index contributed by atoms with van der Waals surface area (Å²) in [6.45, 7) is 1.62. The van der Waals surface area contributed by atoms with Gasteiger partial charge in [0.25, 0.3) is 0 Å². The third-order valence-electron chi connectivity index (χ3n) is 15.4. The Balaban J connectivity index is 0.000000171. The van der Waals surface area contributed by atoms with E-state index in [0.717, 1.165) is 49.9 Å². The van der Waals surface area contributed by atoms with Crippen LogP contribution in [0.2, 0.25) is 10.0 Å². The molecule has 2 N–H and O–H groups in total. The van der Waals surface area contributed by atoms with E-state index in [1.165, 1.54) is 46.0 Å². The standard InChI is InChI=1S/2C33H26ClF2N7O4/c2*34-24-16-30(43-9-8-38-41-43)37-17-21(24)18-47-32-3-1-2-27(40-32)23-15-25(35)20(12-26(23)36)14-31-39-28-7-4-19(33(44)45)13-29(28)42(31)10-11-46-22-5-6-22/h2*1-4,7-9,12-13,15-17,22H,5-6,10-11,14,18H2,(H,44,45). The van der Waals surface area contributed by atoms with Crippen LogP contribution in [0.5, 0.6) is 11.8 Å². The number of fused-ring (bicyclic) bond motifs is 2. The molecule has 8 aromatic heterocycles. The van der Waals surface area contributed by atoms with Crippen LogP contribution in [0.1, 0.15) is 80.3 Å². The molecular formula is C66H52Cl2F4N14O8. The normalized spacial score (nSPS) is 12.9. The molecule has 14 rings (SSSR count). The molecule has 94 heavy (non-hydrogen) atoms. The first kappa shape index (κ1) is 62.3. The van der Waals surface area contributed by atoms with E-state index < -0.39 is 35.2 Å². The zero-order valence-electron chi connectivity index (χ0n) is 49.4. The van der Waals surface area contributed by atoms with E-state index in [1.54, 1.807) is 85.5 Å². The first-order valence-corrected chi connectivity index (χ1v) is 30.3. The molecule has 0 aliphatic heterocycles. The average Bonchev–Trinajstić information content (AvgIpc) is 1.60. The molecule has 4 aromatic carbocycles. The zero-order valence-corrected chi connectivity index (χ0v) is 50.9. The molecule has 0 amide bonds. The number of rotatable bonds is 24. The fraction of sp³-hybridized carbons (Fsp3) is 0.212. The van der Waals surface area contributed by atoms with Crippen molar-refractivity contribution in [3.05, 3.63) is 225 Å². The molecule has 2 aliphatic rings. The second-order valence-electron chi connectivity index (χ2n) is 22.0. The lowest BCUT2D eigenvalue weighted by Gasteiger charge is -2.12. The summed E-state index contributed by atoms with van der Waals surface area (Å²) in [6.07, 6.45) is 13.9. The van der Waals surface area contributed by atoms with Crippen LogP contribution in [0, 0.1) is 23.3 Å². The molecule has 476 valence electrons. The fourth-order valence-corrected chi connectivity index (χ4v) is 10.7. The number of hydrogen-bond donors (Lipinski definition) is 2. The van der Waals surface area contributed by atoms with Gasteiger partial charge in [-0.25, -0.2) is 66.4 Å². The van der Waals surface area contributed by atoms with E-state index in [2.05, 4.69) is 50.5 Å². The number of hydrogen-bond acceptors (Lipinski definition) is 16. The highest BCUT2D eigenvalue weighted by atomic mass is 35.5. The Hall–Kier alpha value is -10.5. The van der Waals surface area contributed by atoms with Crippen molar-refractivity contribution in [3.8, 4) is 45.9 Å². The smallest absolute Gasteiger partial charge is 0.335 e. The minimum atomic E-state index is -1.07. The Morgan fingerprint density at radius 3 is 1.34 bits per heavy atom. The fourth-order valence-electron chi connectivity index (χ4n) is 10.3. The van der Waals surface area contributed by atoms with Gasteiger partial charge < -0.3 is 38.3 Å². The van der Waals surface area contributed by atoms with E-state index in [1.807, 2.05) is 9.13 Å². The average molecular weight is 1320 g/mol. The number of carboxylic acids is 2. The molecule has 0 radical (unpaired) electrons. The Morgan fingerprint density at radius 1 is 0.521 bits per heavy atom. The highest BCUT2D eigenvalue weighted by molar-refractivity contribution is 6.31. The number of pyridine rings is 4. The van der Waals surface area contributed by atoms with Gasteiger partial charge in [0.2, 0.25) is 11.8 Å². The number of benzene rings is 4. The van der Waals surface area contributed by atoms with Crippen molar-refractivity contribution in [1.82, 2.24) is 69.0 Å². The summed E-state index contributed by atoms with van der Waals surface area (Å²) in [6, 6.07) is 26.5. The van der Waals surface area contributed by atoms with Crippen molar-refractivity contribution in [2.24, 2.45) is 0 Å². The molecule has 0 spiro atoms. The largest absolute Gasteiger partial charge is 0.478 e. The van der Waals surface area contributed by atoms with Gasteiger partial charge in [-0.15, -0.1) is 10.2 Å². The second-order valence-corrected chi connectivity index (χ2v) is 22.8. The van der Waals surface area contributed by atoms with Gasteiger partial charge in [0.15, 0.2) is 11.6 Å². The van der Waals surface area contributed by atoms with E-state index in [0.29, 0.717) is 92.8 Å². The van der Waals surface area contributed by atoms with Gasteiger partial charge in [-0.1, -0.05) is 45.8 Å². The Labute approximate surface area is 541 Å². The van der Waals surface area contributed by atoms with Crippen LogP contribution in [0.4, 0.5) is 17.6 Å². The van der Waals surface area contributed by atoms with Gasteiger partial charge in [-0.3, -0.25) is 0 Å². The maximum atomic E-state index is 15.6. The first-order chi connectivity index (χ1) is 45.6. The predicted octanol–water partition coefficient (Wildman–Crippen LogP) is 12.1. The highest BCUT2D eigenvalue weighted by Crippen LogP contribution is 2.33. The summed E-state index contributed by atoms with van der Waals surface area (Å²) in [5.74, 6) is -2.48. The molecule has 0 bridgehead atoms. The van der Waals surface area contributed by atoms with Gasteiger partial charge in [0.05, 0.1) is 105 Å². The maximum Gasteiger partial charge on any atom is 0.335 e. The lowest BCUT2D eigenvalue weighted by Crippen LogP contribution is -2.11. The molecule has 12 aromatic rings. The minimum Gasteiger partial charge on any atom is -0.478 e. The van der Waals surface area contributed by atoms with Crippen LogP contribution in [0.25, 0.3) is 56.2 Å². The monoisotopic (exact) mass is 1310 g/mol. The number of carboxylic acid groups (broad SMARTS) is 2. The van der Waals surface area contributed by atoms with Gasteiger partial charge in [0, 0.05) is 84.8 Å². The Morgan fingerprint density at radius 2 is 0.957 bits per heavy atom. The molecular weight excluding hydrogens is 1260 g/mol. The molecule has 8 heterocycles. The van der Waals surface area contributed by atoms with Crippen LogP contribution >= 0.6 is 23.2 Å². The summed E-state index contributed by atoms with van der Waals surface area (Å²) < 4.78 is 92.1. The number of halogens is 6. The van der Waals surface area contributed by atoms with Gasteiger partial charge in [-0.2, -0.15) is 0 Å². The van der Waals surface area contributed by atoms with Crippen LogP contribution in [-0.2, 0) is 48.6 Å². The third kappa shape index (κ3) is 14.4. The third-order valence-corrected chi connectivity index (χ3v) is 16.1. The predicted molar refractivity (Wildman–Crippen MR) is 333 cm³/mol. The summed E-state index contributed by atoms with van der Waals surface area (Å²) in [4.78, 5) is 49.9. The van der Waals surface area contributed by atoms with Gasteiger partial charge in [0.1, 0.15) is 48.1 Å². The van der Waals surface area contributed by atoms with Crippen molar-refractivity contribution >= 4 is 57.2 Å². The molecule has 28 heteroatoms. The lowest BCUT2D eigenvalue weighted by atomic mass is 10.0. The summed E-state index contributed by atoms with van der Waals surface area (Å²) in [7, 11) is 0. The van der Waals surface area contributed by atoms with Crippen molar-refractivity contribution in [2.45, 2.75) is 77.0 Å². The summed E-state index contributed by atoms with van der Waals surface area (Å²) in [5.41, 5.74) is 4.15. The molecule has 2 fully saturated rings. The lowest BCUT2D eigenvalue weighted by molar-refractivity contribution is 0.0686. The van der Waals surface area contributed by atoms with E-state index in [-0.39, 0.29) is 94.8 Å². The zero-order chi connectivity index (χ0) is 65.0. The van der Waals surface area contributed by atoms with Gasteiger partial charge in [-0.05, 0) is 110 Å². The van der Waals surface area contributed by atoms with Crippen molar-refractivity contribution in [1.29, 1.82) is 0 Å². The molecule has 22 nitrogen and oxygen atoms in total. The van der Waals surface area contributed by atoms with Crippen molar-refractivity contribution in [2.75, 3.05) is 13.2 Å². The number of aromatic nitrogens is 14. The number of nitrogens with zero attached hydrogens (tertiary/aromatic N) is 14. The molecule has 0 saturated heterocycles. The van der Waals surface area contributed by atoms with Crippen LogP contribution in [0.3, 0.4) is 0 Å². The van der Waals surface area contributed by atoms with Crippen molar-refractivity contribution < 1.29 is 56.3 Å². The molecule has 2 saturated carbocycles. The number of carbonyl (C=O) groups is 2. The Bertz CT molecular complexity index is 4500. The second kappa shape index (κ2) is 27.3. The van der Waals surface area contributed by atoms with Crippen LogP contribution in [-0.4, -0.2) is 117 Å². The summed E-state index contributed by atoms with van der Waals surface area (Å²) >= 11 is 12.8. The molecule has 0 atom stereocenters. The van der Waals surface area contributed by atoms with E-state index in [9.17, 15) is 19.8 Å². The Kier molecular flexibility index (Phi) is 18.1. The quantitative estimate of drug-likeness (QED) is 0.0533. The van der Waals surface area contributed by atoms with Gasteiger partial charge >= 0.3 is 11.9 Å². The number of aromatic carboxylic acids is 2. The van der Waals surface area contributed by atoms with Crippen LogP contribution < -0.4 is 9.47 Å². The topological polar surface area (TPSA) is 260 Å². The first-order valence-electron chi connectivity index (χ1n) is 29.5. The molecule has 2 aliphatic carbocycles.